The number of likely N-dealkylation sites (N-methyl/N-ethyl adjacent to an activating group) is 1. The van der Waals surface area contributed by atoms with Gasteiger partial charge in [-0.3, -0.25) is 0 Å². The van der Waals surface area contributed by atoms with Crippen LogP contribution in [0.15, 0.2) is 0 Å². The van der Waals surface area contributed by atoms with Crippen molar-refractivity contribution in [1.82, 2.24) is 15.3 Å². The highest BCUT2D eigenvalue weighted by Crippen LogP contribution is 2.14. The molecule has 0 atom stereocenters. The number of aromatic nitrogens is 2. The summed E-state index contributed by atoms with van der Waals surface area (Å²) >= 11 is 0. The standard InChI is InChI=1S/C14H25N3O/c1-5-12-11(7-9-15-3)13(6-2)17-14(16-12)8-10-18-4/h15H,5-10H2,1-4H3. The van der Waals surface area contributed by atoms with E-state index in [0.717, 1.165) is 38.1 Å². The van der Waals surface area contributed by atoms with E-state index in [0.29, 0.717) is 6.61 Å². The Morgan fingerprint density at radius 1 is 1.06 bits per heavy atom. The second-order valence-corrected chi connectivity index (χ2v) is 4.32. The van der Waals surface area contributed by atoms with Crippen molar-refractivity contribution in [2.75, 3.05) is 27.3 Å². The van der Waals surface area contributed by atoms with Crippen LogP contribution in [0.2, 0.25) is 0 Å². The van der Waals surface area contributed by atoms with E-state index in [9.17, 15) is 0 Å². The van der Waals surface area contributed by atoms with E-state index < -0.39 is 0 Å². The molecule has 18 heavy (non-hydrogen) atoms. The Hall–Kier alpha value is -1.00. The predicted molar refractivity (Wildman–Crippen MR) is 74.0 cm³/mol. The van der Waals surface area contributed by atoms with E-state index in [4.69, 9.17) is 4.74 Å². The SMILES string of the molecule is CCc1nc(CCOC)nc(CC)c1CCNC. The summed E-state index contributed by atoms with van der Waals surface area (Å²) in [6.45, 7) is 5.97. The molecule has 1 heterocycles. The van der Waals surface area contributed by atoms with E-state index in [1.807, 2.05) is 7.05 Å². The number of ether oxygens (including phenoxy) is 1. The molecular formula is C14H25N3O. The first-order chi connectivity index (χ1) is 8.76. The van der Waals surface area contributed by atoms with Crippen molar-refractivity contribution >= 4 is 0 Å². The minimum Gasteiger partial charge on any atom is -0.384 e. The number of hydrogen-bond acceptors (Lipinski definition) is 4. The highest BCUT2D eigenvalue weighted by molar-refractivity contribution is 5.27. The Morgan fingerprint density at radius 3 is 2.11 bits per heavy atom. The molecule has 0 saturated heterocycles. The topological polar surface area (TPSA) is 47.0 Å². The molecule has 0 radical (unpaired) electrons. The molecular weight excluding hydrogens is 226 g/mol. The summed E-state index contributed by atoms with van der Waals surface area (Å²) < 4.78 is 5.10. The number of nitrogens with zero attached hydrogens (tertiary/aromatic N) is 2. The molecule has 0 fully saturated rings. The first-order valence-electron chi connectivity index (χ1n) is 6.77. The quantitative estimate of drug-likeness (QED) is 0.761. The van der Waals surface area contributed by atoms with Crippen molar-refractivity contribution in [3.63, 3.8) is 0 Å². The lowest BCUT2D eigenvalue weighted by atomic mass is 10.0. The van der Waals surface area contributed by atoms with Gasteiger partial charge in [-0.2, -0.15) is 0 Å². The van der Waals surface area contributed by atoms with Crippen LogP contribution in [0.1, 0.15) is 36.6 Å². The van der Waals surface area contributed by atoms with Crippen LogP contribution in [0.25, 0.3) is 0 Å². The van der Waals surface area contributed by atoms with Crippen molar-refractivity contribution in [3.05, 3.63) is 22.8 Å². The van der Waals surface area contributed by atoms with Gasteiger partial charge in [0.15, 0.2) is 0 Å². The molecule has 102 valence electrons. The number of methoxy groups -OCH3 is 1. The van der Waals surface area contributed by atoms with Gasteiger partial charge in [0, 0.05) is 24.9 Å². The molecule has 0 aliphatic rings. The van der Waals surface area contributed by atoms with Crippen LogP contribution in [0.4, 0.5) is 0 Å². The van der Waals surface area contributed by atoms with Crippen LogP contribution in [-0.2, 0) is 30.4 Å². The van der Waals surface area contributed by atoms with Gasteiger partial charge < -0.3 is 10.1 Å². The van der Waals surface area contributed by atoms with E-state index in [2.05, 4.69) is 29.1 Å². The van der Waals surface area contributed by atoms with Crippen LogP contribution in [0, 0.1) is 0 Å². The number of hydrogen-bond donors (Lipinski definition) is 1. The zero-order chi connectivity index (χ0) is 13.4. The average molecular weight is 251 g/mol. The third kappa shape index (κ3) is 4.03. The third-order valence-corrected chi connectivity index (χ3v) is 3.05. The number of aryl methyl sites for hydroxylation is 2. The first kappa shape index (κ1) is 15.1. The maximum atomic E-state index is 5.10. The number of nitrogens with one attached hydrogen (secondary N) is 1. The van der Waals surface area contributed by atoms with E-state index >= 15 is 0 Å². The zero-order valence-electron chi connectivity index (χ0n) is 12.0. The van der Waals surface area contributed by atoms with Gasteiger partial charge in [-0.05, 0) is 38.4 Å². The van der Waals surface area contributed by atoms with Crippen LogP contribution in [-0.4, -0.2) is 37.3 Å². The zero-order valence-corrected chi connectivity index (χ0v) is 12.0. The lowest BCUT2D eigenvalue weighted by molar-refractivity contribution is 0.200. The van der Waals surface area contributed by atoms with Crippen molar-refractivity contribution < 1.29 is 4.74 Å². The summed E-state index contributed by atoms with van der Waals surface area (Å²) in [6, 6.07) is 0. The summed E-state index contributed by atoms with van der Waals surface area (Å²) in [5.41, 5.74) is 3.72. The molecule has 1 aromatic rings. The lowest BCUT2D eigenvalue weighted by Crippen LogP contribution is -2.16. The molecule has 1 N–H and O–H groups in total. The Bertz CT molecular complexity index is 341. The Kier molecular flexibility index (Phi) is 6.83. The van der Waals surface area contributed by atoms with Gasteiger partial charge in [0.05, 0.1) is 6.61 Å². The molecule has 0 aliphatic heterocycles. The fourth-order valence-corrected chi connectivity index (χ4v) is 2.07. The minimum absolute atomic E-state index is 0.683. The van der Waals surface area contributed by atoms with Crippen molar-refractivity contribution in [3.8, 4) is 0 Å². The monoisotopic (exact) mass is 251 g/mol. The largest absolute Gasteiger partial charge is 0.384 e. The van der Waals surface area contributed by atoms with Gasteiger partial charge in [0.25, 0.3) is 0 Å². The van der Waals surface area contributed by atoms with Gasteiger partial charge >= 0.3 is 0 Å². The smallest absolute Gasteiger partial charge is 0.131 e. The van der Waals surface area contributed by atoms with Crippen molar-refractivity contribution in [1.29, 1.82) is 0 Å². The summed E-state index contributed by atoms with van der Waals surface area (Å²) in [7, 11) is 3.69. The average Bonchev–Trinajstić information content (AvgIpc) is 2.42. The fourth-order valence-electron chi connectivity index (χ4n) is 2.07. The second-order valence-electron chi connectivity index (χ2n) is 4.32. The summed E-state index contributed by atoms with van der Waals surface area (Å²) in [5, 5.41) is 3.19. The van der Waals surface area contributed by atoms with E-state index in [1.165, 1.54) is 17.0 Å². The minimum atomic E-state index is 0.683. The normalized spacial score (nSPS) is 10.9. The molecule has 4 nitrogen and oxygen atoms in total. The van der Waals surface area contributed by atoms with Gasteiger partial charge in [-0.25, -0.2) is 9.97 Å². The van der Waals surface area contributed by atoms with Crippen molar-refractivity contribution in [2.24, 2.45) is 0 Å². The third-order valence-electron chi connectivity index (χ3n) is 3.05. The number of rotatable bonds is 8. The van der Waals surface area contributed by atoms with Crippen LogP contribution >= 0.6 is 0 Å². The Balaban J connectivity index is 3.00. The molecule has 0 amide bonds. The highest BCUT2D eigenvalue weighted by Gasteiger charge is 2.11. The molecule has 0 saturated carbocycles. The summed E-state index contributed by atoms with van der Waals surface area (Å²) in [6.07, 6.45) is 3.74. The molecule has 0 unspecified atom stereocenters. The summed E-state index contributed by atoms with van der Waals surface area (Å²) in [5.74, 6) is 0.916. The van der Waals surface area contributed by atoms with Crippen LogP contribution in [0.5, 0.6) is 0 Å². The molecule has 0 aromatic carbocycles. The van der Waals surface area contributed by atoms with E-state index in [1.54, 1.807) is 7.11 Å². The molecule has 1 aromatic heterocycles. The Morgan fingerprint density at radius 2 is 1.67 bits per heavy atom. The first-order valence-corrected chi connectivity index (χ1v) is 6.77. The van der Waals surface area contributed by atoms with Gasteiger partial charge in [-0.15, -0.1) is 0 Å². The lowest BCUT2D eigenvalue weighted by Gasteiger charge is -2.13. The van der Waals surface area contributed by atoms with Gasteiger partial charge in [0.1, 0.15) is 5.82 Å². The molecule has 0 aliphatic carbocycles. The maximum absolute atomic E-state index is 5.10. The second kappa shape index (κ2) is 8.16. The Labute approximate surface area is 110 Å². The highest BCUT2D eigenvalue weighted by atomic mass is 16.5. The molecule has 0 spiro atoms. The molecule has 4 heteroatoms. The van der Waals surface area contributed by atoms with Crippen molar-refractivity contribution in [2.45, 2.75) is 39.5 Å². The molecule has 0 bridgehead atoms. The van der Waals surface area contributed by atoms with E-state index in [-0.39, 0.29) is 0 Å². The molecule has 1 rings (SSSR count). The summed E-state index contributed by atoms with van der Waals surface area (Å²) in [4.78, 5) is 9.34. The van der Waals surface area contributed by atoms with Gasteiger partial charge in [0.2, 0.25) is 0 Å². The maximum Gasteiger partial charge on any atom is 0.131 e. The van der Waals surface area contributed by atoms with Crippen LogP contribution < -0.4 is 5.32 Å². The predicted octanol–water partition coefficient (Wildman–Crippen LogP) is 1.55. The van der Waals surface area contributed by atoms with Crippen LogP contribution in [0.3, 0.4) is 0 Å². The fraction of sp³-hybridized carbons (Fsp3) is 0.714. The van der Waals surface area contributed by atoms with Gasteiger partial charge in [-0.1, -0.05) is 13.8 Å².